The van der Waals surface area contributed by atoms with Crippen molar-refractivity contribution in [2.24, 2.45) is 0 Å². The molecule has 208 valence electrons. The number of nitrogens with one attached hydrogen (secondary N) is 1. The van der Waals surface area contributed by atoms with E-state index in [9.17, 15) is 18.0 Å². The molecule has 0 saturated heterocycles. The number of anilines is 1. The van der Waals surface area contributed by atoms with Gasteiger partial charge in [-0.1, -0.05) is 58.4 Å². The summed E-state index contributed by atoms with van der Waals surface area (Å²) in [5, 5.41) is 2.94. The fourth-order valence-corrected chi connectivity index (χ4v) is 5.20. The highest BCUT2D eigenvalue weighted by Crippen LogP contribution is 2.23. The van der Waals surface area contributed by atoms with E-state index in [0.717, 1.165) is 26.2 Å². The minimum Gasteiger partial charge on any atom is -0.497 e. The largest absolute Gasteiger partial charge is 0.497 e. The van der Waals surface area contributed by atoms with Crippen LogP contribution >= 0.6 is 15.9 Å². The molecular weight excluding hydrogens is 582 g/mol. The molecule has 0 spiro atoms. The lowest BCUT2D eigenvalue weighted by molar-refractivity contribution is -0.140. The summed E-state index contributed by atoms with van der Waals surface area (Å²) in [6.45, 7) is 3.36. The second-order valence-electron chi connectivity index (χ2n) is 9.48. The first-order valence-corrected chi connectivity index (χ1v) is 15.1. The molecule has 0 saturated carbocycles. The lowest BCUT2D eigenvalue weighted by Gasteiger charge is -2.34. The van der Waals surface area contributed by atoms with Gasteiger partial charge in [-0.3, -0.25) is 13.9 Å². The Kier molecular flexibility index (Phi) is 10.5. The van der Waals surface area contributed by atoms with E-state index < -0.39 is 28.5 Å². The lowest BCUT2D eigenvalue weighted by Crippen LogP contribution is -2.54. The van der Waals surface area contributed by atoms with Gasteiger partial charge in [0.15, 0.2) is 0 Å². The van der Waals surface area contributed by atoms with Gasteiger partial charge in [-0.25, -0.2) is 8.42 Å². The third kappa shape index (κ3) is 8.83. The highest BCUT2D eigenvalue weighted by atomic mass is 79.9. The van der Waals surface area contributed by atoms with E-state index in [-0.39, 0.29) is 24.9 Å². The van der Waals surface area contributed by atoms with E-state index in [4.69, 9.17) is 4.74 Å². The first-order valence-electron chi connectivity index (χ1n) is 12.5. The molecule has 0 heterocycles. The van der Waals surface area contributed by atoms with E-state index in [0.29, 0.717) is 11.4 Å². The predicted octanol–water partition coefficient (Wildman–Crippen LogP) is 4.39. The normalized spacial score (nSPS) is 12.1. The minimum atomic E-state index is -3.83. The Morgan fingerprint density at radius 1 is 0.923 bits per heavy atom. The third-order valence-electron chi connectivity index (χ3n) is 6.01. The van der Waals surface area contributed by atoms with Crippen molar-refractivity contribution >= 4 is 43.5 Å². The fourth-order valence-electron chi connectivity index (χ4n) is 4.08. The van der Waals surface area contributed by atoms with Crippen LogP contribution in [0.5, 0.6) is 5.75 Å². The summed E-state index contributed by atoms with van der Waals surface area (Å²) in [5.74, 6) is -0.252. The number of nitrogens with zero attached hydrogens (tertiary/aromatic N) is 2. The Balaban J connectivity index is 2.03. The minimum absolute atomic E-state index is 0.120. The molecule has 3 aromatic carbocycles. The SMILES string of the molecule is COc1ccc(N(CC(=O)N(Cc2ccc(Br)cc2)C(Cc2ccccc2)C(=O)NC(C)C)S(C)(=O)=O)cc1. The Morgan fingerprint density at radius 2 is 1.54 bits per heavy atom. The van der Waals surface area contributed by atoms with Gasteiger partial charge in [-0.15, -0.1) is 0 Å². The number of carbonyl (C=O) groups excluding carboxylic acids is 2. The van der Waals surface area contributed by atoms with Gasteiger partial charge in [-0.05, 0) is 61.4 Å². The van der Waals surface area contributed by atoms with Crippen molar-refractivity contribution in [2.75, 3.05) is 24.2 Å². The summed E-state index contributed by atoms with van der Waals surface area (Å²) in [6.07, 6.45) is 1.32. The molecule has 0 bridgehead atoms. The Hall–Kier alpha value is -3.37. The van der Waals surface area contributed by atoms with Gasteiger partial charge in [0, 0.05) is 23.5 Å². The number of benzene rings is 3. The quantitative estimate of drug-likeness (QED) is 0.326. The molecule has 2 amide bonds. The highest BCUT2D eigenvalue weighted by molar-refractivity contribution is 9.10. The maximum Gasteiger partial charge on any atom is 0.244 e. The van der Waals surface area contributed by atoms with Crippen LogP contribution in [-0.2, 0) is 32.6 Å². The molecule has 8 nitrogen and oxygen atoms in total. The van der Waals surface area contributed by atoms with Crippen molar-refractivity contribution in [2.45, 2.75) is 38.9 Å². The molecule has 1 N–H and O–H groups in total. The predicted molar refractivity (Wildman–Crippen MR) is 157 cm³/mol. The molecule has 0 aliphatic heterocycles. The first kappa shape index (κ1) is 30.2. The molecule has 3 rings (SSSR count). The van der Waals surface area contributed by atoms with Crippen LogP contribution in [0, 0.1) is 0 Å². The van der Waals surface area contributed by atoms with E-state index in [1.54, 1.807) is 24.3 Å². The molecule has 0 aromatic heterocycles. The summed E-state index contributed by atoms with van der Waals surface area (Å²) < 4.78 is 32.7. The number of hydrogen-bond donors (Lipinski definition) is 1. The maximum absolute atomic E-state index is 14.0. The van der Waals surface area contributed by atoms with E-state index in [2.05, 4.69) is 21.2 Å². The topological polar surface area (TPSA) is 96.0 Å². The second-order valence-corrected chi connectivity index (χ2v) is 12.3. The average molecular weight is 617 g/mol. The van der Waals surface area contributed by atoms with Crippen LogP contribution in [0.15, 0.2) is 83.3 Å². The molecule has 10 heteroatoms. The molecular formula is C29H34BrN3O5S. The van der Waals surface area contributed by atoms with E-state index in [1.807, 2.05) is 68.4 Å². The van der Waals surface area contributed by atoms with Crippen LogP contribution in [-0.4, -0.2) is 57.1 Å². The molecule has 0 aliphatic carbocycles. The Bertz CT molecular complexity index is 1350. The molecule has 1 unspecified atom stereocenters. The third-order valence-corrected chi connectivity index (χ3v) is 7.68. The summed E-state index contributed by atoms with van der Waals surface area (Å²) >= 11 is 3.43. The first-order chi connectivity index (χ1) is 18.5. The second kappa shape index (κ2) is 13.6. The number of amides is 2. The monoisotopic (exact) mass is 615 g/mol. The van der Waals surface area contributed by atoms with Crippen molar-refractivity contribution in [3.05, 3.63) is 94.5 Å². The summed E-state index contributed by atoms with van der Waals surface area (Å²) in [7, 11) is -2.31. The standard InChI is InChI=1S/C29H34BrN3O5S/c1-21(2)31-29(35)27(18-22-8-6-5-7-9-22)32(19-23-10-12-24(30)13-11-23)28(34)20-33(39(4,36)37)25-14-16-26(38-3)17-15-25/h5-17,21,27H,18-20H2,1-4H3,(H,31,35). The van der Waals surface area contributed by atoms with Crippen LogP contribution in [0.3, 0.4) is 0 Å². The zero-order valence-electron chi connectivity index (χ0n) is 22.5. The van der Waals surface area contributed by atoms with Gasteiger partial charge in [0.25, 0.3) is 0 Å². The fraction of sp³-hybridized carbons (Fsp3) is 0.310. The smallest absolute Gasteiger partial charge is 0.244 e. The van der Waals surface area contributed by atoms with Crippen LogP contribution < -0.4 is 14.4 Å². The Morgan fingerprint density at radius 3 is 2.08 bits per heavy atom. The van der Waals surface area contributed by atoms with Gasteiger partial charge in [-0.2, -0.15) is 0 Å². The van der Waals surface area contributed by atoms with Gasteiger partial charge < -0.3 is 15.0 Å². The van der Waals surface area contributed by atoms with Gasteiger partial charge >= 0.3 is 0 Å². The van der Waals surface area contributed by atoms with Crippen molar-refractivity contribution < 1.29 is 22.7 Å². The average Bonchev–Trinajstić information content (AvgIpc) is 2.90. The number of sulfonamides is 1. The number of carbonyl (C=O) groups is 2. The molecule has 3 aromatic rings. The van der Waals surface area contributed by atoms with Crippen LogP contribution in [0.2, 0.25) is 0 Å². The molecule has 0 fully saturated rings. The lowest BCUT2D eigenvalue weighted by atomic mass is 10.0. The molecule has 39 heavy (non-hydrogen) atoms. The Labute approximate surface area is 239 Å². The van der Waals surface area contributed by atoms with Crippen molar-refractivity contribution in [3.8, 4) is 5.75 Å². The zero-order chi connectivity index (χ0) is 28.6. The van der Waals surface area contributed by atoms with Crippen molar-refractivity contribution in [3.63, 3.8) is 0 Å². The summed E-state index contributed by atoms with van der Waals surface area (Å²) in [6, 6.07) is 22.3. The summed E-state index contributed by atoms with van der Waals surface area (Å²) in [4.78, 5) is 29.0. The molecule has 0 radical (unpaired) electrons. The number of halogens is 1. The summed E-state index contributed by atoms with van der Waals surface area (Å²) in [5.41, 5.74) is 2.00. The molecule has 1 atom stereocenters. The number of rotatable bonds is 12. The maximum atomic E-state index is 14.0. The van der Waals surface area contributed by atoms with Gasteiger partial charge in [0.2, 0.25) is 21.8 Å². The van der Waals surface area contributed by atoms with Gasteiger partial charge in [0.1, 0.15) is 18.3 Å². The highest BCUT2D eigenvalue weighted by Gasteiger charge is 2.33. The number of ether oxygens (including phenoxy) is 1. The van der Waals surface area contributed by atoms with Crippen LogP contribution in [0.1, 0.15) is 25.0 Å². The number of methoxy groups -OCH3 is 1. The number of hydrogen-bond acceptors (Lipinski definition) is 5. The van der Waals surface area contributed by atoms with E-state index in [1.165, 1.54) is 12.0 Å². The van der Waals surface area contributed by atoms with Crippen molar-refractivity contribution in [1.29, 1.82) is 0 Å². The van der Waals surface area contributed by atoms with Crippen LogP contribution in [0.4, 0.5) is 5.69 Å². The molecule has 0 aliphatic rings. The van der Waals surface area contributed by atoms with Crippen LogP contribution in [0.25, 0.3) is 0 Å². The van der Waals surface area contributed by atoms with E-state index >= 15 is 0 Å². The zero-order valence-corrected chi connectivity index (χ0v) is 24.9. The van der Waals surface area contributed by atoms with Gasteiger partial charge in [0.05, 0.1) is 19.1 Å². The van der Waals surface area contributed by atoms with Crippen molar-refractivity contribution in [1.82, 2.24) is 10.2 Å².